The van der Waals surface area contributed by atoms with Gasteiger partial charge < -0.3 is 4.43 Å². The average molecular weight is 251 g/mol. The van der Waals surface area contributed by atoms with E-state index in [-0.39, 0.29) is 0 Å². The number of rotatable bonds is 10. The van der Waals surface area contributed by atoms with E-state index < -0.39 is 8.32 Å². The zero-order chi connectivity index (χ0) is 11.6. The molecule has 0 aromatic rings. The maximum absolute atomic E-state index is 6.13. The van der Waals surface area contributed by atoms with E-state index >= 15 is 0 Å². The Hall–Kier alpha value is 0.467. The Labute approximate surface area is 102 Å². The van der Waals surface area contributed by atoms with Gasteiger partial charge in [0.2, 0.25) is 0 Å². The van der Waals surface area contributed by atoms with Crippen molar-refractivity contribution in [2.45, 2.75) is 64.6 Å². The van der Waals surface area contributed by atoms with E-state index in [1.54, 1.807) is 0 Å². The fourth-order valence-electron chi connectivity index (χ4n) is 2.07. The minimum atomic E-state index is -1.47. The monoisotopic (exact) mass is 250 g/mol. The van der Waals surface area contributed by atoms with Crippen LogP contribution in [0.2, 0.25) is 18.1 Å². The smallest absolute Gasteiger partial charge is 0.193 e. The summed E-state index contributed by atoms with van der Waals surface area (Å²) in [5.74, 6) is 0.777. The van der Waals surface area contributed by atoms with E-state index in [1.165, 1.54) is 37.8 Å². The van der Waals surface area contributed by atoms with Gasteiger partial charge in [-0.15, -0.1) is 11.6 Å². The van der Waals surface area contributed by atoms with E-state index in [4.69, 9.17) is 16.0 Å². The van der Waals surface area contributed by atoms with Crippen molar-refractivity contribution in [2.24, 2.45) is 0 Å². The highest BCUT2D eigenvalue weighted by atomic mass is 35.5. The molecule has 0 aliphatic rings. The van der Waals surface area contributed by atoms with Gasteiger partial charge in [-0.3, -0.25) is 0 Å². The number of alkyl halides is 1. The second-order valence-electron chi connectivity index (χ2n) is 4.26. The Morgan fingerprint density at radius 1 is 0.933 bits per heavy atom. The summed E-state index contributed by atoms with van der Waals surface area (Å²) >= 11 is 5.93. The average Bonchev–Trinajstić information content (AvgIpc) is 2.24. The second-order valence-corrected chi connectivity index (χ2v) is 8.79. The van der Waals surface area contributed by atoms with Crippen LogP contribution in [0.4, 0.5) is 0 Å². The third-order valence-corrected chi connectivity index (χ3v) is 8.07. The summed E-state index contributed by atoms with van der Waals surface area (Å²) in [6.07, 6.45) is 5.17. The van der Waals surface area contributed by atoms with Crippen LogP contribution in [0, 0.1) is 0 Å². The largest absolute Gasteiger partial charge is 0.417 e. The summed E-state index contributed by atoms with van der Waals surface area (Å²) < 4.78 is 6.13. The van der Waals surface area contributed by atoms with Crippen LogP contribution in [0.1, 0.15) is 46.5 Å². The Morgan fingerprint density at radius 2 is 1.47 bits per heavy atom. The van der Waals surface area contributed by atoms with E-state index in [2.05, 4.69) is 20.8 Å². The zero-order valence-electron chi connectivity index (χ0n) is 10.7. The maximum atomic E-state index is 6.13. The molecule has 15 heavy (non-hydrogen) atoms. The quantitative estimate of drug-likeness (QED) is 0.400. The highest BCUT2D eigenvalue weighted by molar-refractivity contribution is 6.74. The fraction of sp³-hybridized carbons (Fsp3) is 1.00. The number of hydrogen-bond acceptors (Lipinski definition) is 1. The maximum Gasteiger partial charge on any atom is 0.193 e. The molecule has 92 valence electrons. The lowest BCUT2D eigenvalue weighted by molar-refractivity contribution is 0.316. The number of halogens is 1. The van der Waals surface area contributed by atoms with Gasteiger partial charge in [0.1, 0.15) is 0 Å². The lowest BCUT2D eigenvalue weighted by Crippen LogP contribution is -2.38. The normalized spacial score (nSPS) is 12.0. The molecule has 0 bridgehead atoms. The summed E-state index contributed by atoms with van der Waals surface area (Å²) in [7, 11) is -1.47. The van der Waals surface area contributed by atoms with Crippen LogP contribution in [-0.4, -0.2) is 20.8 Å². The molecule has 0 aromatic carbocycles. The van der Waals surface area contributed by atoms with Gasteiger partial charge in [-0.2, -0.15) is 0 Å². The van der Waals surface area contributed by atoms with E-state index in [0.29, 0.717) is 0 Å². The van der Waals surface area contributed by atoms with Crippen molar-refractivity contribution in [3.8, 4) is 0 Å². The zero-order valence-corrected chi connectivity index (χ0v) is 12.4. The first-order valence-electron chi connectivity index (χ1n) is 6.44. The van der Waals surface area contributed by atoms with Crippen LogP contribution < -0.4 is 0 Å². The topological polar surface area (TPSA) is 9.23 Å². The predicted octanol–water partition coefficient (Wildman–Crippen LogP) is 4.81. The van der Waals surface area contributed by atoms with Crippen molar-refractivity contribution in [3.63, 3.8) is 0 Å². The molecule has 0 N–H and O–H groups in total. The molecule has 0 unspecified atom stereocenters. The molecule has 0 aliphatic carbocycles. The molecule has 0 spiro atoms. The van der Waals surface area contributed by atoms with Crippen LogP contribution in [0.3, 0.4) is 0 Å². The first kappa shape index (κ1) is 15.5. The number of hydrogen-bond donors (Lipinski definition) is 0. The lowest BCUT2D eigenvalue weighted by atomic mass is 10.4. The van der Waals surface area contributed by atoms with Gasteiger partial charge in [0.15, 0.2) is 8.32 Å². The van der Waals surface area contributed by atoms with Gasteiger partial charge in [-0.1, -0.05) is 39.5 Å². The van der Waals surface area contributed by atoms with Gasteiger partial charge in [-0.05, 0) is 25.1 Å². The van der Waals surface area contributed by atoms with E-state index in [1.807, 2.05) is 0 Å². The van der Waals surface area contributed by atoms with Crippen molar-refractivity contribution in [3.05, 3.63) is 0 Å². The van der Waals surface area contributed by atoms with Gasteiger partial charge in [0.05, 0.1) is 0 Å². The summed E-state index contributed by atoms with van der Waals surface area (Å²) in [4.78, 5) is 0. The first-order chi connectivity index (χ1) is 7.24. The molecule has 3 heteroatoms. The highest BCUT2D eigenvalue weighted by Gasteiger charge is 2.32. The molecule has 0 saturated heterocycles. The summed E-state index contributed by atoms with van der Waals surface area (Å²) in [6.45, 7) is 7.50. The molecule has 0 aromatic heterocycles. The third-order valence-electron chi connectivity index (χ3n) is 2.97. The molecule has 0 fully saturated rings. The highest BCUT2D eigenvalue weighted by Crippen LogP contribution is 2.27. The van der Waals surface area contributed by atoms with Gasteiger partial charge >= 0.3 is 0 Å². The molecule has 0 rings (SSSR count). The molecule has 0 amide bonds. The summed E-state index contributed by atoms with van der Waals surface area (Å²) in [6, 6.07) is 3.76. The van der Waals surface area contributed by atoms with Crippen molar-refractivity contribution >= 4 is 19.9 Å². The molecule has 0 radical (unpaired) electrons. The Bertz CT molecular complexity index is 126. The third kappa shape index (κ3) is 6.59. The minimum absolute atomic E-state index is 0.777. The van der Waals surface area contributed by atoms with Crippen molar-refractivity contribution in [2.75, 3.05) is 12.5 Å². The molecular weight excluding hydrogens is 224 g/mol. The molecule has 0 saturated carbocycles. The summed E-state index contributed by atoms with van der Waals surface area (Å²) in [5, 5.41) is 0. The summed E-state index contributed by atoms with van der Waals surface area (Å²) in [5.41, 5.74) is 0. The van der Waals surface area contributed by atoms with E-state index in [9.17, 15) is 0 Å². The fourth-order valence-corrected chi connectivity index (χ4v) is 7.24. The van der Waals surface area contributed by atoms with Crippen LogP contribution in [0.15, 0.2) is 0 Å². The van der Waals surface area contributed by atoms with Crippen LogP contribution in [0.25, 0.3) is 0 Å². The van der Waals surface area contributed by atoms with Gasteiger partial charge in [0, 0.05) is 12.5 Å². The van der Waals surface area contributed by atoms with Gasteiger partial charge in [0.25, 0.3) is 0 Å². The Balaban J connectivity index is 4.26. The molecular formula is C12H27ClOSi. The molecule has 0 atom stereocenters. The van der Waals surface area contributed by atoms with Crippen LogP contribution in [-0.2, 0) is 4.43 Å². The van der Waals surface area contributed by atoms with E-state index in [0.717, 1.165) is 18.5 Å². The second kappa shape index (κ2) is 9.68. The van der Waals surface area contributed by atoms with Crippen molar-refractivity contribution in [1.82, 2.24) is 0 Å². The standard InChI is InChI=1S/C12H27ClOSi/c1-4-7-10-15(12-9-13,14-6-3)11-8-5-2/h4-12H2,1-3H3. The Kier molecular flexibility index (Phi) is 9.98. The predicted molar refractivity (Wildman–Crippen MR) is 72.3 cm³/mol. The lowest BCUT2D eigenvalue weighted by Gasteiger charge is -2.30. The molecule has 0 aliphatic heterocycles. The molecule has 1 nitrogen and oxygen atoms in total. The van der Waals surface area contributed by atoms with Crippen molar-refractivity contribution < 1.29 is 4.43 Å². The number of unbranched alkanes of at least 4 members (excludes halogenated alkanes) is 2. The Morgan fingerprint density at radius 3 is 1.80 bits per heavy atom. The van der Waals surface area contributed by atoms with Crippen LogP contribution >= 0.6 is 11.6 Å². The SMILES string of the molecule is CCCC[Si](CCCl)(CCCC)OCC. The first-order valence-corrected chi connectivity index (χ1v) is 9.51. The van der Waals surface area contributed by atoms with Gasteiger partial charge in [-0.25, -0.2) is 0 Å². The van der Waals surface area contributed by atoms with Crippen LogP contribution in [0.5, 0.6) is 0 Å². The molecule has 0 heterocycles. The minimum Gasteiger partial charge on any atom is -0.417 e. The van der Waals surface area contributed by atoms with Crippen molar-refractivity contribution in [1.29, 1.82) is 0 Å².